The van der Waals surface area contributed by atoms with E-state index in [4.69, 9.17) is 50.1 Å². The summed E-state index contributed by atoms with van der Waals surface area (Å²) in [6.45, 7) is 6.75. The van der Waals surface area contributed by atoms with Crippen molar-refractivity contribution in [3.63, 3.8) is 0 Å². The summed E-state index contributed by atoms with van der Waals surface area (Å²) in [5.74, 6) is 0. The first kappa shape index (κ1) is 26.7. The molecule has 0 amide bonds. The van der Waals surface area contributed by atoms with Gasteiger partial charge in [-0.1, -0.05) is 60.8 Å². The average Bonchev–Trinajstić information content (AvgIpc) is 3.33. The predicted molar refractivity (Wildman–Crippen MR) is 105 cm³/mol. The van der Waals surface area contributed by atoms with Crippen LogP contribution in [0.1, 0.15) is 19.4 Å². The number of nitrogens with two attached hydrogens (primary N) is 1. The Morgan fingerprint density at radius 2 is 1.84 bits per heavy atom. The number of nitro benzene ring substituents is 1. The van der Waals surface area contributed by atoms with Gasteiger partial charge in [-0.05, 0) is 25.4 Å². The molecule has 1 saturated heterocycles. The summed E-state index contributed by atoms with van der Waals surface area (Å²) in [5.41, 5.74) is 6.48. The van der Waals surface area contributed by atoms with E-state index in [1.54, 1.807) is 19.0 Å². The lowest BCUT2D eigenvalue weighted by atomic mass is 9.90. The molecule has 0 radical (unpaired) electrons. The molecule has 12 heteroatoms. The molecule has 1 aliphatic heterocycles. The van der Waals surface area contributed by atoms with E-state index in [0.29, 0.717) is 13.1 Å². The lowest BCUT2D eigenvalue weighted by Gasteiger charge is -1.96. The first-order valence-electron chi connectivity index (χ1n) is 7.57. The molecule has 0 aliphatic carbocycles. The van der Waals surface area contributed by atoms with Crippen molar-refractivity contribution in [3.8, 4) is 0 Å². The fourth-order valence-corrected chi connectivity index (χ4v) is 1.29. The first-order valence-corrected chi connectivity index (χ1v) is 8.88. The molecule has 1 aliphatic rings. The van der Waals surface area contributed by atoms with Crippen molar-refractivity contribution in [2.24, 2.45) is 5.73 Å². The molecule has 7 nitrogen and oxygen atoms in total. The van der Waals surface area contributed by atoms with Crippen LogP contribution in [0.4, 0.5) is 5.69 Å². The zero-order chi connectivity index (χ0) is 19.8. The standard InChI is InChI=1S/C8H10N2O2.C2H6B2O3.C2H6.CHCl3/c9-6-5-7-1-3-8(4-2-7)10(11)12;1-3(5)7-4-2-6-4;1-2;2-1(3)4/h1-4H,5-6,9H2;5H,2H2,1H3;1-2H3;1H. The van der Waals surface area contributed by atoms with Crippen LogP contribution in [0.25, 0.3) is 0 Å². The van der Waals surface area contributed by atoms with E-state index < -0.39 is 16.3 Å². The maximum Gasteiger partial charge on any atom is 0.468 e. The van der Waals surface area contributed by atoms with E-state index >= 15 is 0 Å². The molecule has 1 aromatic carbocycles. The van der Waals surface area contributed by atoms with Gasteiger partial charge in [0.15, 0.2) is 4.30 Å². The second-order valence-corrected chi connectivity index (χ2v) is 6.19. The molecule has 0 saturated carbocycles. The number of nitro groups is 1. The van der Waals surface area contributed by atoms with Crippen LogP contribution in [0.2, 0.25) is 6.82 Å². The summed E-state index contributed by atoms with van der Waals surface area (Å²) < 4.78 is 8.58. The number of non-ortho nitro benzene ring substituents is 1. The molecule has 3 N–H and O–H groups in total. The molecule has 0 spiro atoms. The fraction of sp³-hybridized carbons (Fsp3) is 0.538. The Labute approximate surface area is 164 Å². The van der Waals surface area contributed by atoms with Gasteiger partial charge in [0.25, 0.3) is 5.69 Å². The Balaban J connectivity index is 0. The topological polar surface area (TPSA) is 111 Å². The van der Waals surface area contributed by atoms with E-state index in [2.05, 4.69) is 4.65 Å². The number of rotatable bonds is 5. The molecule has 25 heavy (non-hydrogen) atoms. The fourth-order valence-electron chi connectivity index (χ4n) is 1.29. The minimum atomic E-state index is -0.750. The lowest BCUT2D eigenvalue weighted by Crippen LogP contribution is -2.16. The summed E-state index contributed by atoms with van der Waals surface area (Å²) >= 11 is 14.4. The lowest BCUT2D eigenvalue weighted by molar-refractivity contribution is -0.384. The molecule has 0 unspecified atom stereocenters. The van der Waals surface area contributed by atoms with Crippen molar-refractivity contribution in [1.82, 2.24) is 0 Å². The van der Waals surface area contributed by atoms with E-state index in [1.807, 2.05) is 13.8 Å². The van der Waals surface area contributed by atoms with Crippen molar-refractivity contribution in [1.29, 1.82) is 0 Å². The quantitative estimate of drug-likeness (QED) is 0.251. The number of alkyl halides is 3. The van der Waals surface area contributed by atoms with Gasteiger partial charge in [-0.15, -0.1) is 0 Å². The third-order valence-electron chi connectivity index (χ3n) is 2.23. The van der Waals surface area contributed by atoms with Crippen molar-refractivity contribution in [3.05, 3.63) is 39.9 Å². The molecule has 0 atom stereocenters. The molecule has 142 valence electrons. The van der Waals surface area contributed by atoms with Gasteiger partial charge < -0.3 is 20.0 Å². The average molecular weight is 415 g/mol. The van der Waals surface area contributed by atoms with E-state index in [-0.39, 0.29) is 12.8 Å². The van der Waals surface area contributed by atoms with Crippen molar-refractivity contribution >= 4 is 54.7 Å². The van der Waals surface area contributed by atoms with Gasteiger partial charge in [0, 0.05) is 12.1 Å². The zero-order valence-corrected chi connectivity index (χ0v) is 16.7. The van der Waals surface area contributed by atoms with Crippen molar-refractivity contribution in [2.45, 2.75) is 31.4 Å². The van der Waals surface area contributed by atoms with Crippen LogP contribution in [-0.2, 0) is 15.6 Å². The van der Waals surface area contributed by atoms with Gasteiger partial charge in [-0.25, -0.2) is 0 Å². The molecule has 1 heterocycles. The molecular weight excluding hydrogens is 392 g/mol. The Kier molecular flexibility index (Phi) is 18.0. The summed E-state index contributed by atoms with van der Waals surface area (Å²) in [7, 11) is -0.813. The monoisotopic (exact) mass is 414 g/mol. The molecule has 2 rings (SSSR count). The smallest absolute Gasteiger partial charge is 0.450 e. The Hall–Kier alpha value is -0.540. The van der Waals surface area contributed by atoms with Gasteiger partial charge in [0.05, 0.1) is 11.4 Å². The van der Waals surface area contributed by atoms with E-state index in [1.165, 1.54) is 12.1 Å². The highest BCUT2D eigenvalue weighted by atomic mass is 35.6. The highest BCUT2D eigenvalue weighted by molar-refractivity contribution is 6.63. The summed E-state index contributed by atoms with van der Waals surface area (Å²) in [5, 5.41) is 18.7. The van der Waals surface area contributed by atoms with Crippen LogP contribution < -0.4 is 5.73 Å². The normalized spacial score (nSPS) is 11.2. The third-order valence-corrected chi connectivity index (χ3v) is 2.23. The molecule has 0 bridgehead atoms. The number of hydrogen-bond acceptors (Lipinski definition) is 6. The van der Waals surface area contributed by atoms with Crippen LogP contribution in [0.15, 0.2) is 24.3 Å². The first-order chi connectivity index (χ1) is 11.8. The molecular formula is C13H23B2Cl3N2O5. The largest absolute Gasteiger partial charge is 0.468 e. The summed E-state index contributed by atoms with van der Waals surface area (Å²) in [6.07, 6.45) is 0.762. The van der Waals surface area contributed by atoms with Crippen LogP contribution in [0.5, 0.6) is 0 Å². The highest BCUT2D eigenvalue weighted by Crippen LogP contribution is 2.11. The van der Waals surface area contributed by atoms with Crippen LogP contribution in [0, 0.1) is 10.1 Å². The Morgan fingerprint density at radius 3 is 2.08 bits per heavy atom. The Bertz CT molecular complexity index is 449. The van der Waals surface area contributed by atoms with Crippen LogP contribution >= 0.6 is 34.8 Å². The Morgan fingerprint density at radius 1 is 1.40 bits per heavy atom. The van der Waals surface area contributed by atoms with E-state index in [9.17, 15) is 10.1 Å². The second-order valence-electron chi connectivity index (χ2n) is 4.21. The molecule has 1 aromatic rings. The zero-order valence-electron chi connectivity index (χ0n) is 14.4. The van der Waals surface area contributed by atoms with E-state index in [0.717, 1.165) is 12.0 Å². The summed E-state index contributed by atoms with van der Waals surface area (Å²) in [6, 6.07) is 6.44. The molecule has 0 aromatic heterocycles. The molecule has 1 fully saturated rings. The highest BCUT2D eigenvalue weighted by Gasteiger charge is 2.34. The van der Waals surface area contributed by atoms with Gasteiger partial charge in [-0.2, -0.15) is 0 Å². The predicted octanol–water partition coefficient (Wildman–Crippen LogP) is 3.28. The second kappa shape index (κ2) is 16.9. The minimum absolute atomic E-state index is 0.121. The van der Waals surface area contributed by atoms with Gasteiger partial charge >= 0.3 is 14.2 Å². The SMILES string of the molecule is CB(O)OB1CO1.CC.ClC(Cl)Cl.NCCc1ccc([N+](=O)[O-])cc1. The number of halogens is 3. The maximum atomic E-state index is 10.3. The number of benzene rings is 1. The van der Waals surface area contributed by atoms with Crippen molar-refractivity contribution in [2.75, 3.05) is 13.1 Å². The number of hydrogen-bond donors (Lipinski definition) is 2. The van der Waals surface area contributed by atoms with Gasteiger partial charge in [0.1, 0.15) is 0 Å². The van der Waals surface area contributed by atoms with Gasteiger partial charge in [-0.3, -0.25) is 10.1 Å². The van der Waals surface area contributed by atoms with Crippen LogP contribution in [0.3, 0.4) is 0 Å². The van der Waals surface area contributed by atoms with Gasteiger partial charge in [0.2, 0.25) is 0 Å². The van der Waals surface area contributed by atoms with Crippen molar-refractivity contribution < 1.29 is 19.2 Å². The van der Waals surface area contributed by atoms with Crippen LogP contribution in [-0.4, -0.2) is 41.5 Å². The third kappa shape index (κ3) is 19.6. The number of nitrogens with zero attached hydrogens (tertiary/aromatic N) is 1. The maximum absolute atomic E-state index is 10.3. The summed E-state index contributed by atoms with van der Waals surface area (Å²) in [4.78, 5) is 9.84. The minimum Gasteiger partial charge on any atom is -0.450 e.